The molecule has 0 fully saturated rings. The summed E-state index contributed by atoms with van der Waals surface area (Å²) in [6.45, 7) is 0.362. The minimum Gasteiger partial charge on any atom is -0.492 e. The van der Waals surface area contributed by atoms with Crippen LogP contribution in [0.3, 0.4) is 0 Å². The van der Waals surface area contributed by atoms with Gasteiger partial charge in [-0.25, -0.2) is 4.79 Å². The van der Waals surface area contributed by atoms with Crippen LogP contribution in [-0.4, -0.2) is 21.5 Å². The van der Waals surface area contributed by atoms with Crippen molar-refractivity contribution in [2.75, 3.05) is 6.61 Å². The zero-order valence-corrected chi connectivity index (χ0v) is 12.9. The van der Waals surface area contributed by atoms with Gasteiger partial charge < -0.3 is 9.30 Å². The maximum Gasteiger partial charge on any atom is 0.330 e. The molecule has 0 bridgehead atoms. The monoisotopic (exact) mass is 312 g/mol. The summed E-state index contributed by atoms with van der Waals surface area (Å²) >= 11 is 0. The van der Waals surface area contributed by atoms with Crippen LogP contribution in [0.1, 0.15) is 22.3 Å². The average Bonchev–Trinajstić information content (AvgIpc) is 2.71. The minimum absolute atomic E-state index is 0.158. The maximum absolute atomic E-state index is 12.7. The normalized spacial score (nSPS) is 15.9. The van der Waals surface area contributed by atoms with Crippen molar-refractivity contribution < 1.29 is 9.53 Å². The second kappa shape index (κ2) is 5.72. The van der Waals surface area contributed by atoms with Crippen LogP contribution < -0.4 is 16.0 Å². The summed E-state index contributed by atoms with van der Waals surface area (Å²) in [5, 5.41) is 0. The highest BCUT2D eigenvalue weighted by atomic mass is 16.5. The first kappa shape index (κ1) is 15.0. The summed E-state index contributed by atoms with van der Waals surface area (Å²) in [5.41, 5.74) is 0.450. The lowest BCUT2D eigenvalue weighted by molar-refractivity contribution is 0.103. The fraction of sp³-hybridized carbons (Fsp3) is 0.235. The molecule has 0 spiro atoms. The third-order valence-electron chi connectivity index (χ3n) is 3.86. The van der Waals surface area contributed by atoms with Crippen molar-refractivity contribution in [3.63, 3.8) is 0 Å². The lowest BCUT2D eigenvalue weighted by Crippen LogP contribution is -2.37. The molecule has 6 heteroatoms. The molecule has 1 aliphatic heterocycles. The van der Waals surface area contributed by atoms with Gasteiger partial charge in [0.2, 0.25) is 0 Å². The van der Waals surface area contributed by atoms with Crippen LogP contribution in [0, 0.1) is 0 Å². The molecule has 0 radical (unpaired) electrons. The number of para-hydroxylation sites is 1. The highest BCUT2D eigenvalue weighted by Gasteiger charge is 2.21. The Hall–Kier alpha value is -2.89. The van der Waals surface area contributed by atoms with E-state index < -0.39 is 11.2 Å². The van der Waals surface area contributed by atoms with Crippen molar-refractivity contribution in [1.29, 1.82) is 0 Å². The Morgan fingerprint density at radius 2 is 1.87 bits per heavy atom. The zero-order chi connectivity index (χ0) is 16.6. The molecule has 0 unspecified atom stereocenters. The Balaban J connectivity index is 2.12. The molecule has 23 heavy (non-hydrogen) atoms. The molecule has 0 saturated carbocycles. The molecule has 1 aliphatic rings. The van der Waals surface area contributed by atoms with Crippen LogP contribution in [0.15, 0.2) is 45.6 Å². The van der Waals surface area contributed by atoms with E-state index in [-0.39, 0.29) is 5.78 Å². The minimum atomic E-state index is -0.424. The van der Waals surface area contributed by atoms with Crippen molar-refractivity contribution in [2.24, 2.45) is 14.1 Å². The molecule has 2 aromatic rings. The Labute approximate surface area is 132 Å². The predicted molar refractivity (Wildman–Crippen MR) is 85.8 cm³/mol. The lowest BCUT2D eigenvalue weighted by atomic mass is 10.00. The zero-order valence-electron chi connectivity index (χ0n) is 12.9. The second-order valence-corrected chi connectivity index (χ2v) is 5.44. The number of fused-ring (bicyclic) bond motifs is 1. The SMILES string of the molecule is Cn1cc(/C=C2/CCOc3ccccc3C2=O)c(=O)n(C)c1=O. The van der Waals surface area contributed by atoms with E-state index >= 15 is 0 Å². The second-order valence-electron chi connectivity index (χ2n) is 5.44. The Kier molecular flexibility index (Phi) is 3.73. The van der Waals surface area contributed by atoms with Gasteiger partial charge in [0.05, 0.1) is 17.7 Å². The van der Waals surface area contributed by atoms with Crippen molar-refractivity contribution in [1.82, 2.24) is 9.13 Å². The average molecular weight is 312 g/mol. The fourth-order valence-corrected chi connectivity index (χ4v) is 2.60. The number of Topliss-reactive ketones (excluding diaryl/α,β-unsaturated/α-hetero) is 1. The molecule has 0 N–H and O–H groups in total. The van der Waals surface area contributed by atoms with Gasteiger partial charge in [-0.2, -0.15) is 0 Å². The number of benzene rings is 1. The molecule has 1 aromatic heterocycles. The van der Waals surface area contributed by atoms with Crippen molar-refractivity contribution in [2.45, 2.75) is 6.42 Å². The lowest BCUT2D eigenvalue weighted by Gasteiger charge is -2.06. The molecule has 118 valence electrons. The number of carbonyl (C=O) groups is 1. The van der Waals surface area contributed by atoms with Crippen LogP contribution in [0.5, 0.6) is 5.75 Å². The summed E-state index contributed by atoms with van der Waals surface area (Å²) < 4.78 is 7.93. The van der Waals surface area contributed by atoms with Crippen LogP contribution in [-0.2, 0) is 14.1 Å². The Bertz CT molecular complexity index is 934. The van der Waals surface area contributed by atoms with Gasteiger partial charge in [0, 0.05) is 32.3 Å². The third-order valence-corrected chi connectivity index (χ3v) is 3.86. The van der Waals surface area contributed by atoms with Crippen LogP contribution >= 0.6 is 0 Å². The number of aromatic nitrogens is 2. The third kappa shape index (κ3) is 2.63. The largest absolute Gasteiger partial charge is 0.492 e. The van der Waals surface area contributed by atoms with Crippen molar-refractivity contribution in [3.8, 4) is 5.75 Å². The molecule has 0 aliphatic carbocycles. The molecule has 0 amide bonds. The van der Waals surface area contributed by atoms with Crippen molar-refractivity contribution in [3.05, 3.63) is 68.0 Å². The Morgan fingerprint density at radius 3 is 2.65 bits per heavy atom. The number of ether oxygens (including phenoxy) is 1. The van der Waals surface area contributed by atoms with Crippen LogP contribution in [0.25, 0.3) is 6.08 Å². The number of ketones is 1. The quantitative estimate of drug-likeness (QED) is 0.740. The summed E-state index contributed by atoms with van der Waals surface area (Å²) in [5.74, 6) is 0.392. The molecule has 0 atom stereocenters. The van der Waals surface area contributed by atoms with E-state index in [1.54, 1.807) is 31.3 Å². The number of hydrogen-bond donors (Lipinski definition) is 0. The summed E-state index contributed by atoms with van der Waals surface area (Å²) in [7, 11) is 2.98. The van der Waals surface area contributed by atoms with Gasteiger partial charge >= 0.3 is 5.69 Å². The van der Waals surface area contributed by atoms with E-state index in [2.05, 4.69) is 0 Å². The first-order chi connectivity index (χ1) is 11.0. The van der Waals surface area contributed by atoms with E-state index in [0.29, 0.717) is 35.5 Å². The molecule has 1 aromatic carbocycles. The number of nitrogens with zero attached hydrogens (tertiary/aromatic N) is 2. The van der Waals surface area contributed by atoms with Crippen LogP contribution in [0.4, 0.5) is 0 Å². The van der Waals surface area contributed by atoms with Gasteiger partial charge in [0.25, 0.3) is 5.56 Å². The van der Waals surface area contributed by atoms with Gasteiger partial charge in [-0.05, 0) is 18.2 Å². The molecule has 6 nitrogen and oxygen atoms in total. The van der Waals surface area contributed by atoms with E-state index in [1.165, 1.54) is 17.8 Å². The highest BCUT2D eigenvalue weighted by molar-refractivity contribution is 6.13. The molecule has 2 heterocycles. The summed E-state index contributed by atoms with van der Waals surface area (Å²) in [6, 6.07) is 7.04. The number of aryl methyl sites for hydroxylation is 1. The van der Waals surface area contributed by atoms with E-state index in [0.717, 1.165) is 4.57 Å². The number of hydrogen-bond acceptors (Lipinski definition) is 4. The number of carbonyl (C=O) groups excluding carboxylic acids is 1. The topological polar surface area (TPSA) is 70.3 Å². The van der Waals surface area contributed by atoms with Gasteiger partial charge in [0.1, 0.15) is 5.75 Å². The molecule has 0 saturated heterocycles. The highest BCUT2D eigenvalue weighted by Crippen LogP contribution is 2.26. The van der Waals surface area contributed by atoms with Crippen molar-refractivity contribution >= 4 is 11.9 Å². The smallest absolute Gasteiger partial charge is 0.330 e. The molecule has 3 rings (SSSR count). The van der Waals surface area contributed by atoms with E-state index in [1.807, 2.05) is 6.07 Å². The number of rotatable bonds is 1. The van der Waals surface area contributed by atoms with Gasteiger partial charge in [-0.15, -0.1) is 0 Å². The predicted octanol–water partition coefficient (Wildman–Crippen LogP) is 1.13. The van der Waals surface area contributed by atoms with E-state index in [4.69, 9.17) is 4.74 Å². The molecular formula is C17H16N2O4. The van der Waals surface area contributed by atoms with Gasteiger partial charge in [-0.3, -0.25) is 14.2 Å². The first-order valence-corrected chi connectivity index (χ1v) is 7.23. The Morgan fingerprint density at radius 1 is 1.13 bits per heavy atom. The molecular weight excluding hydrogens is 296 g/mol. The van der Waals surface area contributed by atoms with Gasteiger partial charge in [-0.1, -0.05) is 12.1 Å². The fourth-order valence-electron chi connectivity index (χ4n) is 2.60. The first-order valence-electron chi connectivity index (χ1n) is 7.23. The van der Waals surface area contributed by atoms with Crippen LogP contribution in [0.2, 0.25) is 0 Å². The van der Waals surface area contributed by atoms with Gasteiger partial charge in [0.15, 0.2) is 5.78 Å². The summed E-state index contributed by atoms with van der Waals surface area (Å²) in [4.78, 5) is 36.6. The maximum atomic E-state index is 12.7. The van der Waals surface area contributed by atoms with E-state index in [9.17, 15) is 14.4 Å². The standard InChI is InChI=1S/C17H16N2O4/c1-18-10-12(16(21)19(2)17(18)22)9-11-7-8-23-14-6-4-3-5-13(14)15(11)20/h3-6,9-10H,7-8H2,1-2H3/b11-9-. The summed E-state index contributed by atoms with van der Waals surface area (Å²) in [6.07, 6.45) is 3.40.